The molecule has 2 amide bonds. The topological polar surface area (TPSA) is 84.5 Å². The van der Waals surface area contributed by atoms with E-state index in [4.69, 9.17) is 0 Å². The first kappa shape index (κ1) is 22.9. The molecular formula is C24H21FN2O4S. The zero-order chi connectivity index (χ0) is 22.9. The number of benzene rings is 2. The highest BCUT2D eigenvalue weighted by molar-refractivity contribution is 7.16. The van der Waals surface area contributed by atoms with Crippen LogP contribution in [0.25, 0.3) is 16.5 Å². The van der Waals surface area contributed by atoms with E-state index in [2.05, 4.69) is 15.4 Å². The maximum absolute atomic E-state index is 13.9. The van der Waals surface area contributed by atoms with Gasteiger partial charge in [0.05, 0.1) is 13.5 Å². The van der Waals surface area contributed by atoms with Crippen LogP contribution < -0.4 is 10.6 Å². The Kier molecular flexibility index (Phi) is 7.88. The number of halogens is 1. The molecule has 0 spiro atoms. The second-order valence-electron chi connectivity index (χ2n) is 6.73. The maximum Gasteiger partial charge on any atom is 0.325 e. The van der Waals surface area contributed by atoms with E-state index in [1.807, 2.05) is 12.1 Å². The van der Waals surface area contributed by atoms with E-state index in [-0.39, 0.29) is 30.6 Å². The number of carbonyl (C=O) groups excluding carboxylic acids is 3. The zero-order valence-corrected chi connectivity index (χ0v) is 18.1. The molecule has 0 saturated heterocycles. The lowest BCUT2D eigenvalue weighted by atomic mass is 10.1. The summed E-state index contributed by atoms with van der Waals surface area (Å²) in [6.45, 7) is -0.179. The quantitative estimate of drug-likeness (QED) is 0.399. The third-order valence-electron chi connectivity index (χ3n) is 4.41. The second-order valence-corrected chi connectivity index (χ2v) is 7.85. The molecule has 0 bridgehead atoms. The summed E-state index contributed by atoms with van der Waals surface area (Å²) in [5, 5.41) is 5.21. The Bertz CT molecular complexity index is 1140. The van der Waals surface area contributed by atoms with Crippen molar-refractivity contribution in [3.8, 4) is 10.4 Å². The highest BCUT2D eigenvalue weighted by atomic mass is 32.1. The van der Waals surface area contributed by atoms with Gasteiger partial charge in [0.25, 0.3) is 0 Å². The number of esters is 1. The van der Waals surface area contributed by atoms with Gasteiger partial charge in [0.1, 0.15) is 12.4 Å². The van der Waals surface area contributed by atoms with E-state index < -0.39 is 5.97 Å². The minimum atomic E-state index is -0.518. The SMILES string of the molecule is COC(=O)CNC(=O)Cc1ccc(NC(=O)C=Cc2ccc(-c3ccccc3F)s2)cc1. The number of hydrogen-bond donors (Lipinski definition) is 2. The van der Waals surface area contributed by atoms with E-state index >= 15 is 0 Å². The first-order valence-electron chi connectivity index (χ1n) is 9.71. The fraction of sp³-hybridized carbons (Fsp3) is 0.125. The molecule has 1 heterocycles. The van der Waals surface area contributed by atoms with Gasteiger partial charge in [0.15, 0.2) is 0 Å². The van der Waals surface area contributed by atoms with Crippen molar-refractivity contribution in [3.63, 3.8) is 0 Å². The molecular weight excluding hydrogens is 431 g/mol. The number of hydrogen-bond acceptors (Lipinski definition) is 5. The largest absolute Gasteiger partial charge is 0.468 e. The standard InChI is InChI=1S/C24H21FN2O4S/c1-31-24(30)15-26-23(29)14-16-6-8-17(9-7-16)27-22(28)13-11-18-10-12-21(32-18)19-4-2-3-5-20(19)25/h2-13H,14-15H2,1H3,(H,26,29)(H,27,28). The van der Waals surface area contributed by atoms with Crippen LogP contribution in [-0.2, 0) is 25.5 Å². The van der Waals surface area contributed by atoms with Crippen molar-refractivity contribution in [3.05, 3.63) is 83.0 Å². The number of anilines is 1. The third kappa shape index (κ3) is 6.61. The molecule has 0 aliphatic rings. The van der Waals surface area contributed by atoms with Gasteiger partial charge >= 0.3 is 5.97 Å². The van der Waals surface area contributed by atoms with Crippen LogP contribution in [-0.4, -0.2) is 31.4 Å². The lowest BCUT2D eigenvalue weighted by molar-refractivity contribution is -0.141. The fourth-order valence-corrected chi connectivity index (χ4v) is 3.72. The molecule has 0 unspecified atom stereocenters. The number of carbonyl (C=O) groups is 3. The van der Waals surface area contributed by atoms with Gasteiger partial charge < -0.3 is 15.4 Å². The minimum absolute atomic E-state index is 0.105. The van der Waals surface area contributed by atoms with Crippen LogP contribution in [0, 0.1) is 5.82 Å². The van der Waals surface area contributed by atoms with Crippen LogP contribution in [0.1, 0.15) is 10.4 Å². The van der Waals surface area contributed by atoms with Gasteiger partial charge in [-0.1, -0.05) is 30.3 Å². The summed E-state index contributed by atoms with van der Waals surface area (Å²) in [6, 6.07) is 17.0. The Morgan fingerprint density at radius 3 is 2.50 bits per heavy atom. The molecule has 0 fully saturated rings. The van der Waals surface area contributed by atoms with Crippen molar-refractivity contribution in [2.24, 2.45) is 0 Å². The van der Waals surface area contributed by atoms with E-state index in [1.54, 1.807) is 48.5 Å². The van der Waals surface area contributed by atoms with Gasteiger partial charge in [-0.3, -0.25) is 14.4 Å². The Morgan fingerprint density at radius 2 is 1.78 bits per heavy atom. The number of nitrogens with one attached hydrogen (secondary N) is 2. The lowest BCUT2D eigenvalue weighted by Gasteiger charge is -2.06. The molecule has 3 rings (SSSR count). The summed E-state index contributed by atoms with van der Waals surface area (Å²) in [5.74, 6) is -1.42. The number of methoxy groups -OCH3 is 1. The van der Waals surface area contributed by atoms with Crippen LogP contribution >= 0.6 is 11.3 Å². The highest BCUT2D eigenvalue weighted by Crippen LogP contribution is 2.30. The van der Waals surface area contributed by atoms with Crippen molar-refractivity contribution >= 4 is 40.9 Å². The highest BCUT2D eigenvalue weighted by Gasteiger charge is 2.08. The molecule has 3 aromatic rings. The molecule has 8 heteroatoms. The van der Waals surface area contributed by atoms with Crippen molar-refractivity contribution in [1.82, 2.24) is 5.32 Å². The van der Waals surface area contributed by atoms with Crippen molar-refractivity contribution in [2.45, 2.75) is 6.42 Å². The van der Waals surface area contributed by atoms with Crippen LogP contribution in [0.15, 0.2) is 66.7 Å². The summed E-state index contributed by atoms with van der Waals surface area (Å²) in [4.78, 5) is 36.7. The normalized spacial score (nSPS) is 10.7. The van der Waals surface area contributed by atoms with E-state index in [0.717, 1.165) is 15.3 Å². The van der Waals surface area contributed by atoms with E-state index in [0.29, 0.717) is 11.3 Å². The minimum Gasteiger partial charge on any atom is -0.468 e. The Labute approximate surface area is 188 Å². The van der Waals surface area contributed by atoms with Gasteiger partial charge in [-0.05, 0) is 42.0 Å². The smallest absolute Gasteiger partial charge is 0.325 e. The van der Waals surface area contributed by atoms with Gasteiger partial charge in [0.2, 0.25) is 11.8 Å². The van der Waals surface area contributed by atoms with Gasteiger partial charge in [-0.2, -0.15) is 0 Å². The molecule has 2 N–H and O–H groups in total. The monoisotopic (exact) mass is 452 g/mol. The first-order valence-corrected chi connectivity index (χ1v) is 10.5. The second kappa shape index (κ2) is 11.0. The van der Waals surface area contributed by atoms with Crippen LogP contribution in [0.3, 0.4) is 0 Å². The van der Waals surface area contributed by atoms with Crippen molar-refractivity contribution in [2.75, 3.05) is 19.0 Å². The van der Waals surface area contributed by atoms with E-state index in [9.17, 15) is 18.8 Å². The van der Waals surface area contributed by atoms with Crippen LogP contribution in [0.5, 0.6) is 0 Å². The van der Waals surface area contributed by atoms with Crippen LogP contribution in [0.4, 0.5) is 10.1 Å². The molecule has 0 aliphatic heterocycles. The fourth-order valence-electron chi connectivity index (χ4n) is 2.79. The van der Waals surface area contributed by atoms with Crippen LogP contribution in [0.2, 0.25) is 0 Å². The summed E-state index contributed by atoms with van der Waals surface area (Å²) in [6.07, 6.45) is 3.18. The number of ether oxygens (including phenoxy) is 1. The van der Waals surface area contributed by atoms with Crippen molar-refractivity contribution < 1.29 is 23.5 Å². The molecule has 6 nitrogen and oxygen atoms in total. The average molecular weight is 453 g/mol. The van der Waals surface area contributed by atoms with Crippen molar-refractivity contribution in [1.29, 1.82) is 0 Å². The van der Waals surface area contributed by atoms with E-state index in [1.165, 1.54) is 30.6 Å². The predicted octanol–water partition coefficient (Wildman–Crippen LogP) is 4.04. The number of rotatable bonds is 8. The molecule has 0 atom stereocenters. The predicted molar refractivity (Wildman–Crippen MR) is 123 cm³/mol. The van der Waals surface area contributed by atoms with Gasteiger partial charge in [0, 0.05) is 27.1 Å². The summed E-state index contributed by atoms with van der Waals surface area (Å²) in [5.41, 5.74) is 1.84. The molecule has 2 aromatic carbocycles. The molecule has 32 heavy (non-hydrogen) atoms. The number of thiophene rings is 1. The lowest BCUT2D eigenvalue weighted by Crippen LogP contribution is -2.31. The molecule has 164 valence electrons. The molecule has 0 saturated carbocycles. The zero-order valence-electron chi connectivity index (χ0n) is 17.3. The Hall–Kier alpha value is -3.78. The van der Waals surface area contributed by atoms with Gasteiger partial charge in [-0.25, -0.2) is 4.39 Å². The summed E-state index contributed by atoms with van der Waals surface area (Å²) < 4.78 is 18.4. The Morgan fingerprint density at radius 1 is 1.03 bits per heavy atom. The third-order valence-corrected chi connectivity index (χ3v) is 5.49. The molecule has 1 aromatic heterocycles. The maximum atomic E-state index is 13.9. The first-order chi connectivity index (χ1) is 15.4. The Balaban J connectivity index is 1.52. The molecule has 0 aliphatic carbocycles. The summed E-state index contributed by atoms with van der Waals surface area (Å²) >= 11 is 1.39. The average Bonchev–Trinajstić information content (AvgIpc) is 3.26. The number of amides is 2. The molecule has 0 radical (unpaired) electrons. The van der Waals surface area contributed by atoms with Gasteiger partial charge in [-0.15, -0.1) is 11.3 Å². The summed E-state index contributed by atoms with van der Waals surface area (Å²) in [7, 11) is 1.25.